The van der Waals surface area contributed by atoms with Gasteiger partial charge in [0.1, 0.15) is 11.4 Å². The molecule has 3 N–H and O–H groups in total. The van der Waals surface area contributed by atoms with E-state index in [4.69, 9.17) is 9.47 Å². The number of piperazine rings is 1. The van der Waals surface area contributed by atoms with Crippen molar-refractivity contribution in [2.24, 2.45) is 5.92 Å². The number of carbonyl (C=O) groups is 1. The molecule has 0 bridgehead atoms. The molecule has 4 fully saturated rings. The molecule has 1 aromatic rings. The zero-order valence-corrected chi connectivity index (χ0v) is 26.0. The van der Waals surface area contributed by atoms with Gasteiger partial charge in [-0.3, -0.25) is 20.3 Å². The standard InChI is InChI=1S/C32H51N7O3/c1-6-29(40)39-15-14-38(19-24(39)18-33-3)30-25-11-12-32(21-37(5)27-16-22(2)9-10-28(27)42-32)17-26(25)34-31(35-30)41-20-23-8-7-13-36(23)4/h6,9-10,16,23-26,30-31,33-35H,1,7-8,11-15,17-21H2,2-5H3/t23?,24?,25?,26?,30?,31?,32-/m1/s1. The maximum absolute atomic E-state index is 12.7. The minimum Gasteiger partial charge on any atom is -0.483 e. The Morgan fingerprint density at radius 2 is 2.07 bits per heavy atom. The predicted octanol–water partition coefficient (Wildman–Crippen LogP) is 1.56. The molecule has 1 saturated carbocycles. The number of aryl methyl sites for hydroxylation is 1. The van der Waals surface area contributed by atoms with Crippen molar-refractivity contribution in [1.82, 2.24) is 30.7 Å². The fourth-order valence-corrected chi connectivity index (χ4v) is 8.22. The van der Waals surface area contributed by atoms with Crippen LogP contribution in [0.3, 0.4) is 0 Å². The zero-order chi connectivity index (χ0) is 29.4. The van der Waals surface area contributed by atoms with E-state index in [9.17, 15) is 4.79 Å². The Morgan fingerprint density at radius 3 is 2.83 bits per heavy atom. The topological polar surface area (TPSA) is 84.6 Å². The van der Waals surface area contributed by atoms with Gasteiger partial charge in [-0.15, -0.1) is 0 Å². The number of fused-ring (bicyclic) bond motifs is 2. The Bertz CT molecular complexity index is 1140. The normalized spacial score (nSPS) is 35.5. The Balaban J connectivity index is 1.22. The van der Waals surface area contributed by atoms with Crippen molar-refractivity contribution in [3.8, 4) is 5.75 Å². The molecular formula is C32H51N7O3. The molecule has 6 unspecified atom stereocenters. The van der Waals surface area contributed by atoms with Crippen LogP contribution in [0.4, 0.5) is 5.69 Å². The highest BCUT2D eigenvalue weighted by molar-refractivity contribution is 5.87. The van der Waals surface area contributed by atoms with Gasteiger partial charge in [0.2, 0.25) is 5.91 Å². The molecule has 3 saturated heterocycles. The second-order valence-corrected chi connectivity index (χ2v) is 13.3. The summed E-state index contributed by atoms with van der Waals surface area (Å²) in [6.45, 7) is 11.7. The number of rotatable bonds is 7. The maximum atomic E-state index is 12.7. The number of likely N-dealkylation sites (tertiary alicyclic amines) is 1. The van der Waals surface area contributed by atoms with E-state index < -0.39 is 0 Å². The fraction of sp³-hybridized carbons (Fsp3) is 0.719. The molecular weight excluding hydrogens is 530 g/mol. The number of amides is 1. The van der Waals surface area contributed by atoms with Crippen molar-refractivity contribution >= 4 is 11.6 Å². The summed E-state index contributed by atoms with van der Waals surface area (Å²) in [5.74, 6) is 1.42. The van der Waals surface area contributed by atoms with E-state index in [1.54, 1.807) is 0 Å². The molecule has 0 radical (unpaired) electrons. The van der Waals surface area contributed by atoms with Crippen molar-refractivity contribution in [3.63, 3.8) is 0 Å². The zero-order valence-electron chi connectivity index (χ0n) is 26.0. The van der Waals surface area contributed by atoms with Crippen molar-refractivity contribution in [1.29, 1.82) is 0 Å². The molecule has 0 aromatic heterocycles. The number of hydrogen-bond donors (Lipinski definition) is 3. The summed E-state index contributed by atoms with van der Waals surface area (Å²) >= 11 is 0. The SMILES string of the molecule is C=CC(=O)N1CCN(C2NC(OCC3CCCN3C)NC3C[C@]4(CCC32)CN(C)c2cc(C)ccc2O4)CC1CNC. The third-order valence-corrected chi connectivity index (χ3v) is 10.4. The first-order valence-electron chi connectivity index (χ1n) is 16.0. The van der Waals surface area contributed by atoms with E-state index in [-0.39, 0.29) is 36.1 Å². The van der Waals surface area contributed by atoms with E-state index in [0.717, 1.165) is 57.7 Å². The van der Waals surface area contributed by atoms with Crippen LogP contribution in [-0.4, -0.2) is 124 Å². The molecule has 42 heavy (non-hydrogen) atoms. The van der Waals surface area contributed by atoms with E-state index in [1.165, 1.54) is 30.2 Å². The molecule has 1 aromatic carbocycles. The Kier molecular flexibility index (Phi) is 8.82. The molecule has 10 heteroatoms. The van der Waals surface area contributed by atoms with E-state index in [0.29, 0.717) is 25.1 Å². The van der Waals surface area contributed by atoms with Gasteiger partial charge in [0.05, 0.1) is 31.0 Å². The van der Waals surface area contributed by atoms with E-state index in [1.807, 2.05) is 11.9 Å². The average molecular weight is 582 g/mol. The van der Waals surface area contributed by atoms with Crippen LogP contribution in [0, 0.1) is 12.8 Å². The van der Waals surface area contributed by atoms with Crippen LogP contribution in [0.25, 0.3) is 0 Å². The lowest BCUT2D eigenvalue weighted by molar-refractivity contribution is -0.139. The van der Waals surface area contributed by atoms with Gasteiger partial charge in [-0.05, 0) is 77.0 Å². The largest absolute Gasteiger partial charge is 0.483 e. The quantitative estimate of drug-likeness (QED) is 0.416. The van der Waals surface area contributed by atoms with E-state index >= 15 is 0 Å². The fourth-order valence-electron chi connectivity index (χ4n) is 8.22. The average Bonchev–Trinajstić information content (AvgIpc) is 3.40. The molecule has 1 spiro atoms. The van der Waals surface area contributed by atoms with Gasteiger partial charge in [-0.2, -0.15) is 0 Å². The summed E-state index contributed by atoms with van der Waals surface area (Å²) in [5, 5.41) is 11.1. The highest BCUT2D eigenvalue weighted by atomic mass is 16.5. The second kappa shape index (κ2) is 12.4. The third kappa shape index (κ3) is 5.94. The number of likely N-dealkylation sites (N-methyl/N-ethyl adjacent to an activating group) is 3. The van der Waals surface area contributed by atoms with Crippen molar-refractivity contribution < 1.29 is 14.3 Å². The first-order valence-corrected chi connectivity index (χ1v) is 16.0. The van der Waals surface area contributed by atoms with Crippen molar-refractivity contribution in [2.75, 3.05) is 71.9 Å². The lowest BCUT2D eigenvalue weighted by Gasteiger charge is -2.56. The molecule has 7 atom stereocenters. The smallest absolute Gasteiger partial charge is 0.246 e. The van der Waals surface area contributed by atoms with Crippen LogP contribution in [-0.2, 0) is 9.53 Å². The lowest BCUT2D eigenvalue weighted by Crippen LogP contribution is -2.74. The molecule has 10 nitrogen and oxygen atoms in total. The van der Waals surface area contributed by atoms with Crippen LogP contribution in [0.2, 0.25) is 0 Å². The van der Waals surface area contributed by atoms with Gasteiger partial charge >= 0.3 is 0 Å². The van der Waals surface area contributed by atoms with Crippen molar-refractivity contribution in [2.45, 2.75) is 75.3 Å². The Labute approximate surface area is 251 Å². The summed E-state index contributed by atoms with van der Waals surface area (Å²) < 4.78 is 13.5. The molecule has 4 aliphatic heterocycles. The molecule has 232 valence electrons. The molecule has 1 amide bonds. The number of nitrogens with one attached hydrogen (secondary N) is 3. The summed E-state index contributed by atoms with van der Waals surface area (Å²) in [4.78, 5) is 22.0. The van der Waals surface area contributed by atoms with Gasteiger partial charge < -0.3 is 29.5 Å². The first-order chi connectivity index (χ1) is 20.3. The molecule has 6 rings (SSSR count). The Morgan fingerprint density at radius 1 is 1.21 bits per heavy atom. The molecule has 5 aliphatic rings. The van der Waals surface area contributed by atoms with Crippen LogP contribution in [0.5, 0.6) is 5.75 Å². The second-order valence-electron chi connectivity index (χ2n) is 13.3. The number of benzene rings is 1. The van der Waals surface area contributed by atoms with Crippen LogP contribution >= 0.6 is 0 Å². The van der Waals surface area contributed by atoms with Gasteiger partial charge in [-0.1, -0.05) is 12.6 Å². The number of hydrogen-bond acceptors (Lipinski definition) is 9. The number of anilines is 1. The monoisotopic (exact) mass is 581 g/mol. The summed E-state index contributed by atoms with van der Waals surface area (Å²) in [6.07, 6.45) is 6.81. The highest BCUT2D eigenvalue weighted by Gasteiger charge is 2.52. The number of carbonyl (C=O) groups excluding carboxylic acids is 1. The minimum absolute atomic E-state index is 0.0154. The predicted molar refractivity (Wildman–Crippen MR) is 166 cm³/mol. The van der Waals surface area contributed by atoms with Crippen LogP contribution < -0.4 is 25.6 Å². The molecule has 4 heterocycles. The van der Waals surface area contributed by atoms with Crippen LogP contribution in [0.15, 0.2) is 30.9 Å². The molecule has 1 aliphatic carbocycles. The van der Waals surface area contributed by atoms with Gasteiger partial charge in [-0.25, -0.2) is 0 Å². The third-order valence-electron chi connectivity index (χ3n) is 10.4. The number of ether oxygens (including phenoxy) is 2. The summed E-state index contributed by atoms with van der Waals surface area (Å²) in [6, 6.07) is 7.34. The van der Waals surface area contributed by atoms with Crippen molar-refractivity contribution in [3.05, 3.63) is 36.4 Å². The summed E-state index contributed by atoms with van der Waals surface area (Å²) in [7, 11) is 6.36. The van der Waals surface area contributed by atoms with Gasteiger partial charge in [0, 0.05) is 57.6 Å². The van der Waals surface area contributed by atoms with Gasteiger partial charge in [0.25, 0.3) is 0 Å². The van der Waals surface area contributed by atoms with Crippen LogP contribution in [0.1, 0.15) is 37.7 Å². The highest BCUT2D eigenvalue weighted by Crippen LogP contribution is 2.45. The minimum atomic E-state index is -0.229. The lowest BCUT2D eigenvalue weighted by atomic mass is 9.72. The maximum Gasteiger partial charge on any atom is 0.246 e. The number of nitrogens with zero attached hydrogens (tertiary/aromatic N) is 4. The summed E-state index contributed by atoms with van der Waals surface area (Å²) in [5.41, 5.74) is 2.21. The Hall–Kier alpha value is -2.21. The van der Waals surface area contributed by atoms with E-state index in [2.05, 4.69) is 76.4 Å². The first kappa shape index (κ1) is 29.8. The van der Waals surface area contributed by atoms with Gasteiger partial charge in [0.15, 0.2) is 6.35 Å².